The summed E-state index contributed by atoms with van der Waals surface area (Å²) in [6.45, 7) is 2.13. The molecule has 0 unspecified atom stereocenters. The van der Waals surface area contributed by atoms with Gasteiger partial charge in [-0.1, -0.05) is 18.2 Å². The van der Waals surface area contributed by atoms with E-state index in [1.165, 1.54) is 4.90 Å². The average molecular weight is 246 g/mol. The third-order valence-electron chi connectivity index (χ3n) is 2.83. The van der Waals surface area contributed by atoms with E-state index < -0.39 is 17.8 Å². The molecule has 0 aromatic heterocycles. The van der Waals surface area contributed by atoms with Crippen molar-refractivity contribution in [1.29, 1.82) is 5.41 Å². The number of ether oxygens (including phenoxy) is 1. The van der Waals surface area contributed by atoms with Crippen LogP contribution in [-0.2, 0) is 14.3 Å². The van der Waals surface area contributed by atoms with Crippen molar-refractivity contribution in [1.82, 2.24) is 0 Å². The van der Waals surface area contributed by atoms with Crippen LogP contribution in [-0.4, -0.2) is 30.7 Å². The topological polar surface area (TPSA) is 70.5 Å². The van der Waals surface area contributed by atoms with E-state index in [1.807, 2.05) is 18.2 Å². The van der Waals surface area contributed by atoms with Gasteiger partial charge in [-0.15, -0.1) is 0 Å². The van der Waals surface area contributed by atoms with Crippen LogP contribution >= 0.6 is 0 Å². The molecular weight excluding hydrogens is 232 g/mol. The van der Waals surface area contributed by atoms with Gasteiger partial charge in [-0.25, -0.2) is 0 Å². The van der Waals surface area contributed by atoms with Crippen LogP contribution in [0.3, 0.4) is 0 Å². The van der Waals surface area contributed by atoms with Crippen LogP contribution in [0.4, 0.5) is 5.69 Å². The molecule has 1 aliphatic rings. The van der Waals surface area contributed by atoms with Crippen LogP contribution in [0.1, 0.15) is 6.92 Å². The number of para-hydroxylation sites is 1. The maximum Gasteiger partial charge on any atom is 0.317 e. The molecule has 1 aromatic carbocycles. The molecule has 18 heavy (non-hydrogen) atoms. The van der Waals surface area contributed by atoms with Gasteiger partial charge in [0.15, 0.2) is 0 Å². The van der Waals surface area contributed by atoms with Crippen LogP contribution < -0.4 is 4.90 Å². The van der Waals surface area contributed by atoms with Crippen molar-refractivity contribution in [3.63, 3.8) is 0 Å². The molecule has 1 atom stereocenters. The quantitative estimate of drug-likeness (QED) is 0.815. The first kappa shape index (κ1) is 12.3. The Bertz CT molecular complexity index is 484. The highest BCUT2D eigenvalue weighted by atomic mass is 16.5. The third-order valence-corrected chi connectivity index (χ3v) is 2.83. The number of rotatable bonds is 3. The molecule has 0 saturated carbocycles. The Hall–Kier alpha value is -2.17. The van der Waals surface area contributed by atoms with Crippen LogP contribution in [0, 0.1) is 11.3 Å². The third kappa shape index (κ3) is 2.11. The summed E-state index contributed by atoms with van der Waals surface area (Å²) >= 11 is 0. The molecule has 1 saturated heterocycles. The average Bonchev–Trinajstić information content (AvgIpc) is 2.68. The van der Waals surface area contributed by atoms with Gasteiger partial charge in [-0.3, -0.25) is 15.0 Å². The molecule has 1 fully saturated rings. The molecule has 5 heteroatoms. The SMILES string of the molecule is CCOC(=O)[C@H]1CN(c2ccccc2)C(=O)C1=N. The summed E-state index contributed by atoms with van der Waals surface area (Å²) in [5.74, 6) is -1.72. The monoisotopic (exact) mass is 246 g/mol. The van der Waals surface area contributed by atoms with Gasteiger partial charge < -0.3 is 9.64 Å². The molecule has 1 N–H and O–H groups in total. The van der Waals surface area contributed by atoms with E-state index in [-0.39, 0.29) is 18.9 Å². The number of anilines is 1. The van der Waals surface area contributed by atoms with Gasteiger partial charge in [-0.2, -0.15) is 0 Å². The molecule has 0 spiro atoms. The van der Waals surface area contributed by atoms with Gasteiger partial charge >= 0.3 is 5.97 Å². The largest absolute Gasteiger partial charge is 0.465 e. The normalized spacial score (nSPS) is 19.2. The molecule has 0 aliphatic carbocycles. The molecule has 1 aliphatic heterocycles. The van der Waals surface area contributed by atoms with Crippen molar-refractivity contribution in [2.45, 2.75) is 6.92 Å². The van der Waals surface area contributed by atoms with E-state index >= 15 is 0 Å². The van der Waals surface area contributed by atoms with Crippen LogP contribution in [0.25, 0.3) is 0 Å². The van der Waals surface area contributed by atoms with Crippen molar-refractivity contribution in [3.05, 3.63) is 30.3 Å². The fourth-order valence-electron chi connectivity index (χ4n) is 1.92. The smallest absolute Gasteiger partial charge is 0.317 e. The molecule has 0 radical (unpaired) electrons. The van der Waals surface area contributed by atoms with E-state index in [1.54, 1.807) is 19.1 Å². The Morgan fingerprint density at radius 2 is 2.11 bits per heavy atom. The zero-order chi connectivity index (χ0) is 13.1. The molecule has 0 bridgehead atoms. The van der Waals surface area contributed by atoms with Gasteiger partial charge in [0, 0.05) is 12.2 Å². The number of carbonyl (C=O) groups is 2. The molecule has 5 nitrogen and oxygen atoms in total. The van der Waals surface area contributed by atoms with Crippen molar-refractivity contribution >= 4 is 23.3 Å². The Balaban J connectivity index is 2.20. The van der Waals surface area contributed by atoms with E-state index in [0.717, 1.165) is 0 Å². The van der Waals surface area contributed by atoms with Crippen LogP contribution in [0.5, 0.6) is 0 Å². The second-order valence-electron chi connectivity index (χ2n) is 3.97. The molecular formula is C13H14N2O3. The minimum atomic E-state index is -0.780. The maximum absolute atomic E-state index is 11.9. The van der Waals surface area contributed by atoms with E-state index in [2.05, 4.69) is 0 Å². The van der Waals surface area contributed by atoms with Crippen molar-refractivity contribution < 1.29 is 14.3 Å². The fourth-order valence-corrected chi connectivity index (χ4v) is 1.92. The first-order valence-corrected chi connectivity index (χ1v) is 5.77. The van der Waals surface area contributed by atoms with E-state index in [4.69, 9.17) is 10.1 Å². The minimum absolute atomic E-state index is 0.181. The van der Waals surface area contributed by atoms with Crippen molar-refractivity contribution in [2.24, 2.45) is 5.92 Å². The number of nitrogens with zero attached hydrogens (tertiary/aromatic N) is 1. The number of hydrogen-bond acceptors (Lipinski definition) is 4. The summed E-state index contributed by atoms with van der Waals surface area (Å²) in [5.41, 5.74) is 0.497. The lowest BCUT2D eigenvalue weighted by Gasteiger charge is -2.15. The molecule has 94 valence electrons. The number of amides is 1. The van der Waals surface area contributed by atoms with Gasteiger partial charge in [0.05, 0.1) is 6.61 Å². The highest BCUT2D eigenvalue weighted by molar-refractivity contribution is 6.48. The van der Waals surface area contributed by atoms with Crippen molar-refractivity contribution in [3.8, 4) is 0 Å². The predicted octanol–water partition coefficient (Wildman–Crippen LogP) is 1.23. The minimum Gasteiger partial charge on any atom is -0.465 e. The maximum atomic E-state index is 11.9. The summed E-state index contributed by atoms with van der Waals surface area (Å²) in [6, 6.07) is 9.02. The summed E-state index contributed by atoms with van der Waals surface area (Å²) < 4.78 is 4.87. The van der Waals surface area contributed by atoms with Gasteiger partial charge in [-0.05, 0) is 19.1 Å². The molecule has 1 heterocycles. The zero-order valence-electron chi connectivity index (χ0n) is 10.1. The first-order chi connectivity index (χ1) is 8.65. The highest BCUT2D eigenvalue weighted by Crippen LogP contribution is 2.23. The number of esters is 1. The Morgan fingerprint density at radius 3 is 2.72 bits per heavy atom. The second kappa shape index (κ2) is 5.00. The number of nitrogens with one attached hydrogen (secondary N) is 1. The van der Waals surface area contributed by atoms with Gasteiger partial charge in [0.1, 0.15) is 11.6 Å². The van der Waals surface area contributed by atoms with Crippen LogP contribution in [0.2, 0.25) is 0 Å². The fraction of sp³-hybridized carbons (Fsp3) is 0.308. The lowest BCUT2D eigenvalue weighted by atomic mass is 10.1. The number of carbonyl (C=O) groups excluding carboxylic acids is 2. The molecule has 1 aromatic rings. The predicted molar refractivity (Wildman–Crippen MR) is 66.6 cm³/mol. The summed E-state index contributed by atoms with van der Waals surface area (Å²) in [5, 5.41) is 7.71. The number of benzene rings is 1. The zero-order valence-corrected chi connectivity index (χ0v) is 10.1. The van der Waals surface area contributed by atoms with Crippen LogP contribution in [0.15, 0.2) is 30.3 Å². The lowest BCUT2D eigenvalue weighted by molar-refractivity contribution is -0.145. The molecule has 1 amide bonds. The van der Waals surface area contributed by atoms with E-state index in [0.29, 0.717) is 5.69 Å². The van der Waals surface area contributed by atoms with Gasteiger partial charge in [0.25, 0.3) is 5.91 Å². The summed E-state index contributed by atoms with van der Waals surface area (Å²) in [4.78, 5) is 25.0. The Kier molecular flexibility index (Phi) is 3.41. The Labute approximate surface area is 105 Å². The summed E-state index contributed by atoms with van der Waals surface area (Å²) in [6.07, 6.45) is 0. The van der Waals surface area contributed by atoms with E-state index in [9.17, 15) is 9.59 Å². The Morgan fingerprint density at radius 1 is 1.44 bits per heavy atom. The van der Waals surface area contributed by atoms with Crippen molar-refractivity contribution in [2.75, 3.05) is 18.1 Å². The van der Waals surface area contributed by atoms with Gasteiger partial charge in [0.2, 0.25) is 0 Å². The standard InChI is InChI=1S/C13H14N2O3/c1-2-18-13(17)10-8-15(12(16)11(10)14)9-6-4-3-5-7-9/h3-7,10,14H,2,8H2,1H3/t10-/m0/s1. The second-order valence-corrected chi connectivity index (χ2v) is 3.97. The summed E-state index contributed by atoms with van der Waals surface area (Å²) in [7, 11) is 0. The first-order valence-electron chi connectivity index (χ1n) is 5.77. The number of hydrogen-bond donors (Lipinski definition) is 1. The molecule has 2 rings (SSSR count). The highest BCUT2D eigenvalue weighted by Gasteiger charge is 2.41. The lowest BCUT2D eigenvalue weighted by Crippen LogP contribution is -2.26.